The van der Waals surface area contributed by atoms with E-state index in [0.29, 0.717) is 31.5 Å². The van der Waals surface area contributed by atoms with Gasteiger partial charge in [-0.25, -0.2) is 4.99 Å². The van der Waals surface area contributed by atoms with E-state index in [-0.39, 0.29) is 23.4 Å². The average molecular weight is 383 g/mol. The summed E-state index contributed by atoms with van der Waals surface area (Å²) in [6, 6.07) is 2.12. The van der Waals surface area contributed by atoms with E-state index in [2.05, 4.69) is 36.9 Å². The van der Waals surface area contributed by atoms with Crippen LogP contribution in [-0.2, 0) is 9.59 Å². The number of carbonyl (C=O) groups is 2. The fourth-order valence-electron chi connectivity index (χ4n) is 4.08. The molecule has 2 aliphatic heterocycles. The number of hydrogen-bond donors (Lipinski definition) is 1. The van der Waals surface area contributed by atoms with E-state index < -0.39 is 5.41 Å². The lowest BCUT2D eigenvalue weighted by atomic mass is 9.98. The normalized spacial score (nSPS) is 25.2. The van der Waals surface area contributed by atoms with Crippen LogP contribution in [0.1, 0.15) is 46.5 Å². The summed E-state index contributed by atoms with van der Waals surface area (Å²) in [6.45, 7) is 10.7. The summed E-state index contributed by atoms with van der Waals surface area (Å²) in [7, 11) is 1.75. The van der Waals surface area contributed by atoms with Gasteiger partial charge in [-0.2, -0.15) is 5.26 Å². The molecule has 2 fully saturated rings. The monoisotopic (exact) mass is 383 g/mol. The predicted molar refractivity (Wildman–Crippen MR) is 107 cm³/mol. The number of nitrogens with zero attached hydrogens (tertiary/aromatic N) is 4. The van der Waals surface area contributed by atoms with Gasteiger partial charge >= 0.3 is 0 Å². The minimum absolute atomic E-state index is 0.0228. The van der Waals surface area contributed by atoms with Gasteiger partial charge in [0.1, 0.15) is 11.2 Å². The second-order valence-electron chi connectivity index (χ2n) is 8.85. The minimum Gasteiger partial charge on any atom is -0.365 e. The first-order valence-corrected chi connectivity index (χ1v) is 9.76. The van der Waals surface area contributed by atoms with Gasteiger partial charge in [0.15, 0.2) is 0 Å². The van der Waals surface area contributed by atoms with E-state index in [1.165, 1.54) is 0 Å². The molecule has 1 aliphatic carbocycles. The highest BCUT2D eigenvalue weighted by Gasteiger charge is 2.53. The third kappa shape index (κ3) is 3.68. The molecule has 28 heavy (non-hydrogen) atoms. The second-order valence-corrected chi connectivity index (χ2v) is 8.85. The van der Waals surface area contributed by atoms with Gasteiger partial charge in [0.2, 0.25) is 11.8 Å². The molecular weight excluding hydrogens is 354 g/mol. The number of carbonyl (C=O) groups excluding carboxylic acids is 2. The van der Waals surface area contributed by atoms with E-state index in [1.807, 2.05) is 13.0 Å². The number of likely N-dealkylation sites (tertiary alicyclic amines) is 1. The molecule has 0 aromatic carbocycles. The lowest BCUT2D eigenvalue weighted by molar-refractivity contribution is -0.136. The Morgan fingerprint density at radius 3 is 2.68 bits per heavy atom. The lowest BCUT2D eigenvalue weighted by Gasteiger charge is -2.26. The molecule has 150 valence electrons. The van der Waals surface area contributed by atoms with Crippen molar-refractivity contribution in [2.24, 2.45) is 10.4 Å². The zero-order valence-corrected chi connectivity index (χ0v) is 17.2. The van der Waals surface area contributed by atoms with Crippen molar-refractivity contribution in [1.29, 1.82) is 5.26 Å². The van der Waals surface area contributed by atoms with Gasteiger partial charge in [0.25, 0.3) is 0 Å². The van der Waals surface area contributed by atoms with Crippen molar-refractivity contribution in [3.05, 3.63) is 23.0 Å². The summed E-state index contributed by atoms with van der Waals surface area (Å²) in [5.74, 6) is 0.603. The number of likely N-dealkylation sites (N-methyl/N-ethyl adjacent to an activating group) is 1. The predicted octanol–water partition coefficient (Wildman–Crippen LogP) is 1.98. The lowest BCUT2D eigenvalue weighted by Crippen LogP contribution is -2.43. The van der Waals surface area contributed by atoms with Crippen molar-refractivity contribution >= 4 is 18.5 Å². The number of allylic oxidation sites excluding steroid dienone is 1. The molecule has 3 aliphatic rings. The van der Waals surface area contributed by atoms with Crippen LogP contribution in [0, 0.1) is 16.7 Å². The summed E-state index contributed by atoms with van der Waals surface area (Å²) in [6.07, 6.45) is 4.69. The van der Waals surface area contributed by atoms with Gasteiger partial charge in [-0.1, -0.05) is 0 Å². The fourth-order valence-corrected chi connectivity index (χ4v) is 4.08. The SMILES string of the molecule is C=NC1=C(/C=C(\C)C(=O)N2CC[C@H](N(C)C(=O)C3(C#N)CC3)C2)CC(C)(C)N1. The van der Waals surface area contributed by atoms with Gasteiger partial charge in [-0.05, 0) is 64.8 Å². The van der Waals surface area contributed by atoms with Gasteiger partial charge in [0.05, 0.1) is 12.1 Å². The largest absolute Gasteiger partial charge is 0.365 e. The number of nitrogens with one attached hydrogen (secondary N) is 1. The highest BCUT2D eigenvalue weighted by molar-refractivity contribution is 5.94. The maximum absolute atomic E-state index is 12.9. The number of hydrogen-bond acceptors (Lipinski definition) is 5. The quantitative estimate of drug-likeness (QED) is 0.581. The van der Waals surface area contributed by atoms with Crippen LogP contribution in [0.3, 0.4) is 0 Å². The maximum Gasteiger partial charge on any atom is 0.249 e. The van der Waals surface area contributed by atoms with Gasteiger partial charge in [0, 0.05) is 31.2 Å². The Morgan fingerprint density at radius 1 is 1.43 bits per heavy atom. The molecule has 0 aromatic heterocycles. The van der Waals surface area contributed by atoms with Crippen LogP contribution in [0.15, 0.2) is 28.0 Å². The first kappa shape index (κ1) is 20.1. The van der Waals surface area contributed by atoms with Crippen LogP contribution in [0.5, 0.6) is 0 Å². The Kier molecular flexibility index (Phi) is 5.09. The van der Waals surface area contributed by atoms with E-state index in [0.717, 1.165) is 24.2 Å². The fraction of sp³-hybridized carbons (Fsp3) is 0.619. The molecule has 0 spiro atoms. The average Bonchev–Trinajstić information content (AvgIpc) is 3.20. The zero-order chi connectivity index (χ0) is 20.7. The Balaban J connectivity index is 1.65. The van der Waals surface area contributed by atoms with Crippen molar-refractivity contribution in [1.82, 2.24) is 15.1 Å². The summed E-state index contributed by atoms with van der Waals surface area (Å²) < 4.78 is 0. The van der Waals surface area contributed by atoms with Crippen LogP contribution >= 0.6 is 0 Å². The molecule has 2 heterocycles. The molecule has 0 unspecified atom stereocenters. The number of aliphatic imine (C=N–C) groups is 1. The third-order valence-corrected chi connectivity index (χ3v) is 5.97. The van der Waals surface area contributed by atoms with Crippen LogP contribution in [-0.4, -0.2) is 60.0 Å². The zero-order valence-electron chi connectivity index (χ0n) is 17.2. The highest BCUT2D eigenvalue weighted by Crippen LogP contribution is 2.46. The molecule has 2 amide bonds. The van der Waals surface area contributed by atoms with Crippen LogP contribution in [0.4, 0.5) is 0 Å². The summed E-state index contributed by atoms with van der Waals surface area (Å²) in [5, 5.41) is 12.6. The van der Waals surface area contributed by atoms with Crippen LogP contribution < -0.4 is 5.32 Å². The molecule has 1 atom stereocenters. The summed E-state index contributed by atoms with van der Waals surface area (Å²) in [4.78, 5) is 33.0. The summed E-state index contributed by atoms with van der Waals surface area (Å²) >= 11 is 0. The van der Waals surface area contributed by atoms with Crippen LogP contribution in [0.25, 0.3) is 0 Å². The Hall–Kier alpha value is -2.62. The molecule has 1 saturated carbocycles. The third-order valence-electron chi connectivity index (χ3n) is 5.97. The molecule has 1 N–H and O–H groups in total. The first-order valence-electron chi connectivity index (χ1n) is 9.76. The topological polar surface area (TPSA) is 88.8 Å². The van der Waals surface area contributed by atoms with Crippen LogP contribution in [0.2, 0.25) is 0 Å². The minimum atomic E-state index is -0.815. The number of rotatable bonds is 5. The smallest absolute Gasteiger partial charge is 0.249 e. The van der Waals surface area contributed by atoms with E-state index in [4.69, 9.17) is 0 Å². The molecule has 3 rings (SSSR count). The molecule has 0 radical (unpaired) electrons. The van der Waals surface area contributed by atoms with Gasteiger partial charge in [-0.3, -0.25) is 9.59 Å². The second kappa shape index (κ2) is 7.08. The van der Waals surface area contributed by atoms with E-state index in [9.17, 15) is 14.9 Å². The van der Waals surface area contributed by atoms with Crippen molar-refractivity contribution in [3.8, 4) is 6.07 Å². The Labute approximate surface area is 166 Å². The maximum atomic E-state index is 12.9. The highest BCUT2D eigenvalue weighted by atomic mass is 16.2. The van der Waals surface area contributed by atoms with Gasteiger partial charge < -0.3 is 15.1 Å². The summed E-state index contributed by atoms with van der Waals surface area (Å²) in [5.41, 5.74) is 0.720. The van der Waals surface area contributed by atoms with Gasteiger partial charge in [-0.15, -0.1) is 0 Å². The Morgan fingerprint density at radius 2 is 2.11 bits per heavy atom. The molecule has 0 bridgehead atoms. The molecule has 7 nitrogen and oxygen atoms in total. The Bertz CT molecular complexity index is 813. The number of amides is 2. The van der Waals surface area contributed by atoms with Crippen molar-refractivity contribution < 1.29 is 9.59 Å². The van der Waals surface area contributed by atoms with Crippen molar-refractivity contribution in [3.63, 3.8) is 0 Å². The first-order chi connectivity index (χ1) is 13.1. The number of nitriles is 1. The van der Waals surface area contributed by atoms with Crippen molar-refractivity contribution in [2.75, 3.05) is 20.1 Å². The molecule has 7 heteroatoms. The standard InChI is InChI=1S/C21H29N5O2/c1-14(10-15-11-20(2,3)24-17(15)23-4)18(27)26-9-6-16(12-26)25(5)19(28)21(13-22)7-8-21/h10,16,24H,4,6-9,11-12H2,1-3,5H3/b14-10+/t16-/m0/s1. The van der Waals surface area contributed by atoms with Crippen molar-refractivity contribution in [2.45, 2.75) is 58.0 Å². The van der Waals surface area contributed by atoms with E-state index in [1.54, 1.807) is 16.8 Å². The molecule has 0 aromatic rings. The molecular formula is C21H29N5O2. The molecule has 1 saturated heterocycles. The van der Waals surface area contributed by atoms with E-state index >= 15 is 0 Å².